The van der Waals surface area contributed by atoms with E-state index in [1.807, 2.05) is 30.3 Å². The van der Waals surface area contributed by atoms with Crippen molar-refractivity contribution in [1.29, 1.82) is 0 Å². The molecule has 8 heteroatoms. The van der Waals surface area contributed by atoms with Gasteiger partial charge in [0.05, 0.1) is 20.6 Å². The molecule has 0 bridgehead atoms. The Morgan fingerprint density at radius 3 is 1.94 bits per heavy atom. The number of methoxy groups -OCH3 is 2. The smallest absolute Gasteiger partial charge is 0.257 e. The second-order valence-electron chi connectivity index (χ2n) is 6.80. The van der Waals surface area contributed by atoms with Gasteiger partial charge in [0.15, 0.2) is 5.11 Å². The van der Waals surface area contributed by atoms with Crippen molar-refractivity contribution >= 4 is 40.5 Å². The lowest BCUT2D eigenvalue weighted by Gasteiger charge is -2.12. The first-order chi connectivity index (χ1) is 15.5. The molecule has 0 saturated heterocycles. The Kier molecular flexibility index (Phi) is 7.77. The normalized spacial score (nSPS) is 10.1. The van der Waals surface area contributed by atoms with Crippen LogP contribution in [-0.4, -0.2) is 31.1 Å². The Bertz CT molecular complexity index is 1080. The van der Waals surface area contributed by atoms with Crippen molar-refractivity contribution in [2.24, 2.45) is 0 Å². The van der Waals surface area contributed by atoms with E-state index in [4.69, 9.17) is 21.7 Å². The van der Waals surface area contributed by atoms with E-state index in [9.17, 15) is 9.59 Å². The van der Waals surface area contributed by atoms with Crippen LogP contribution in [0.4, 0.5) is 11.4 Å². The van der Waals surface area contributed by atoms with E-state index in [2.05, 4.69) is 16.0 Å². The maximum absolute atomic E-state index is 12.5. The summed E-state index contributed by atoms with van der Waals surface area (Å²) >= 11 is 5.24. The lowest BCUT2D eigenvalue weighted by atomic mass is 10.1. The van der Waals surface area contributed by atoms with Crippen LogP contribution in [0, 0.1) is 0 Å². The Morgan fingerprint density at radius 1 is 0.812 bits per heavy atom. The van der Waals surface area contributed by atoms with Crippen molar-refractivity contribution in [2.75, 3.05) is 24.9 Å². The number of ether oxygens (including phenoxy) is 2. The number of hydrogen-bond acceptors (Lipinski definition) is 5. The number of anilines is 2. The van der Waals surface area contributed by atoms with Crippen molar-refractivity contribution < 1.29 is 19.1 Å². The van der Waals surface area contributed by atoms with Gasteiger partial charge in [0, 0.05) is 23.0 Å². The molecule has 2 amide bonds. The molecule has 0 aliphatic heterocycles. The van der Waals surface area contributed by atoms with Crippen LogP contribution in [-0.2, 0) is 11.2 Å². The maximum atomic E-state index is 12.5. The summed E-state index contributed by atoms with van der Waals surface area (Å²) in [7, 11) is 3.02. The second kappa shape index (κ2) is 10.9. The summed E-state index contributed by atoms with van der Waals surface area (Å²) < 4.78 is 10.4. The molecule has 3 rings (SSSR count). The first-order valence-corrected chi connectivity index (χ1v) is 10.2. The molecule has 0 saturated carbocycles. The van der Waals surface area contributed by atoms with E-state index in [1.54, 1.807) is 42.5 Å². The second-order valence-corrected chi connectivity index (χ2v) is 7.21. The number of amides is 2. The summed E-state index contributed by atoms with van der Waals surface area (Å²) in [4.78, 5) is 24.7. The van der Waals surface area contributed by atoms with Gasteiger partial charge in [0.25, 0.3) is 5.91 Å². The third-order valence-corrected chi connectivity index (χ3v) is 4.68. The molecule has 3 aromatic carbocycles. The predicted octanol–water partition coefficient (Wildman–Crippen LogP) is 4.01. The zero-order valence-electron chi connectivity index (χ0n) is 17.7. The lowest BCUT2D eigenvalue weighted by Crippen LogP contribution is -2.34. The molecule has 3 N–H and O–H groups in total. The van der Waals surface area contributed by atoms with E-state index in [1.165, 1.54) is 14.2 Å². The van der Waals surface area contributed by atoms with Crippen molar-refractivity contribution in [3.8, 4) is 11.5 Å². The predicted molar refractivity (Wildman–Crippen MR) is 128 cm³/mol. The SMILES string of the molecule is COc1cc(OC)cc(C(=O)NC(=S)Nc2ccc(NC(=O)Cc3ccccc3)cc2)c1. The van der Waals surface area contributed by atoms with Crippen LogP contribution in [0.25, 0.3) is 0 Å². The third-order valence-electron chi connectivity index (χ3n) is 4.47. The minimum atomic E-state index is -0.399. The number of hydrogen-bond donors (Lipinski definition) is 3. The molecule has 7 nitrogen and oxygen atoms in total. The molecule has 0 aliphatic rings. The average molecular weight is 450 g/mol. The first-order valence-electron chi connectivity index (χ1n) is 9.76. The molecular weight excluding hydrogens is 426 g/mol. The van der Waals surface area contributed by atoms with Gasteiger partial charge < -0.3 is 20.1 Å². The Hall–Kier alpha value is -3.91. The molecule has 0 radical (unpaired) electrons. The number of carbonyl (C=O) groups excluding carboxylic acids is 2. The molecule has 0 fully saturated rings. The van der Waals surface area contributed by atoms with E-state index in [0.29, 0.717) is 34.9 Å². The summed E-state index contributed by atoms with van der Waals surface area (Å²) in [6.07, 6.45) is 0.298. The van der Waals surface area contributed by atoms with Crippen LogP contribution in [0.1, 0.15) is 15.9 Å². The van der Waals surface area contributed by atoms with Crippen molar-refractivity contribution in [3.63, 3.8) is 0 Å². The van der Waals surface area contributed by atoms with Gasteiger partial charge in [-0.25, -0.2) is 0 Å². The van der Waals surface area contributed by atoms with Gasteiger partial charge in [0.2, 0.25) is 5.91 Å². The largest absolute Gasteiger partial charge is 0.497 e. The van der Waals surface area contributed by atoms with Crippen LogP contribution >= 0.6 is 12.2 Å². The highest BCUT2D eigenvalue weighted by Crippen LogP contribution is 2.22. The van der Waals surface area contributed by atoms with Crippen molar-refractivity contribution in [2.45, 2.75) is 6.42 Å². The third kappa shape index (κ3) is 6.55. The monoisotopic (exact) mass is 449 g/mol. The van der Waals surface area contributed by atoms with Gasteiger partial charge in [-0.1, -0.05) is 30.3 Å². The van der Waals surface area contributed by atoms with Crippen molar-refractivity contribution in [3.05, 3.63) is 83.9 Å². The summed E-state index contributed by atoms with van der Waals surface area (Å²) in [6.45, 7) is 0. The van der Waals surface area contributed by atoms with Crippen LogP contribution in [0.3, 0.4) is 0 Å². The summed E-state index contributed by atoms with van der Waals surface area (Å²) in [6, 6.07) is 21.4. The molecule has 32 heavy (non-hydrogen) atoms. The zero-order valence-corrected chi connectivity index (χ0v) is 18.5. The number of benzene rings is 3. The topological polar surface area (TPSA) is 88.7 Å². The quantitative estimate of drug-likeness (QED) is 0.473. The van der Waals surface area contributed by atoms with Gasteiger partial charge in [-0.05, 0) is 54.2 Å². The molecule has 0 aromatic heterocycles. The number of thiocarbonyl (C=S) groups is 1. The maximum Gasteiger partial charge on any atom is 0.257 e. The highest BCUT2D eigenvalue weighted by atomic mass is 32.1. The molecule has 164 valence electrons. The van der Waals surface area contributed by atoms with Crippen LogP contribution in [0.2, 0.25) is 0 Å². The minimum absolute atomic E-state index is 0.103. The summed E-state index contributed by atoms with van der Waals surface area (Å²) in [5, 5.41) is 8.56. The van der Waals surface area contributed by atoms with Crippen LogP contribution in [0.15, 0.2) is 72.8 Å². The van der Waals surface area contributed by atoms with Gasteiger partial charge >= 0.3 is 0 Å². The number of nitrogens with one attached hydrogen (secondary N) is 3. The molecular formula is C24H23N3O4S. The Morgan fingerprint density at radius 2 is 1.38 bits per heavy atom. The van der Waals surface area contributed by atoms with E-state index < -0.39 is 5.91 Å². The highest BCUT2D eigenvalue weighted by Gasteiger charge is 2.12. The standard InChI is InChI=1S/C24H23N3O4S/c1-30-20-13-17(14-21(15-20)31-2)23(29)27-24(32)26-19-10-8-18(9-11-19)25-22(28)12-16-6-4-3-5-7-16/h3-11,13-15H,12H2,1-2H3,(H,25,28)(H2,26,27,29,32). The molecule has 0 aliphatic carbocycles. The summed E-state index contributed by atoms with van der Waals surface area (Å²) in [5.74, 6) is 0.495. The van der Waals surface area contributed by atoms with Crippen LogP contribution in [0.5, 0.6) is 11.5 Å². The van der Waals surface area contributed by atoms with E-state index in [0.717, 1.165) is 5.56 Å². The van der Waals surface area contributed by atoms with Gasteiger partial charge in [-0.2, -0.15) is 0 Å². The minimum Gasteiger partial charge on any atom is -0.497 e. The first kappa shape index (κ1) is 22.8. The molecule has 0 spiro atoms. The lowest BCUT2D eigenvalue weighted by molar-refractivity contribution is -0.115. The fraction of sp³-hybridized carbons (Fsp3) is 0.125. The Balaban J connectivity index is 1.54. The number of carbonyl (C=O) groups is 2. The molecule has 0 heterocycles. The van der Waals surface area contributed by atoms with E-state index in [-0.39, 0.29) is 11.0 Å². The molecule has 0 unspecified atom stereocenters. The molecule has 3 aromatic rings. The van der Waals surface area contributed by atoms with Crippen molar-refractivity contribution in [1.82, 2.24) is 5.32 Å². The molecule has 0 atom stereocenters. The zero-order chi connectivity index (χ0) is 22.9. The van der Waals surface area contributed by atoms with Crippen LogP contribution < -0.4 is 25.4 Å². The average Bonchev–Trinajstić information content (AvgIpc) is 2.80. The fourth-order valence-electron chi connectivity index (χ4n) is 2.90. The van der Waals surface area contributed by atoms with Gasteiger partial charge in [0.1, 0.15) is 11.5 Å². The van der Waals surface area contributed by atoms with E-state index >= 15 is 0 Å². The summed E-state index contributed by atoms with van der Waals surface area (Å²) in [5.41, 5.74) is 2.62. The number of rotatable bonds is 7. The fourth-order valence-corrected chi connectivity index (χ4v) is 3.11. The Labute approximate surface area is 191 Å². The van der Waals surface area contributed by atoms with Gasteiger partial charge in [-0.3, -0.25) is 14.9 Å². The highest BCUT2D eigenvalue weighted by molar-refractivity contribution is 7.80. The van der Waals surface area contributed by atoms with Gasteiger partial charge in [-0.15, -0.1) is 0 Å².